The topological polar surface area (TPSA) is 78.9 Å². The van der Waals surface area contributed by atoms with Gasteiger partial charge in [0.1, 0.15) is 12.4 Å². The summed E-state index contributed by atoms with van der Waals surface area (Å²) in [4.78, 5) is 23.8. The van der Waals surface area contributed by atoms with Crippen molar-refractivity contribution in [2.75, 3.05) is 27.2 Å². The number of nitrogens with zero attached hydrogens (tertiary/aromatic N) is 1. The molecular formula is C14H20N2O4. The molecule has 1 aromatic rings. The first-order valence-electron chi connectivity index (χ1n) is 6.32. The van der Waals surface area contributed by atoms with Crippen LogP contribution < -0.4 is 10.1 Å². The summed E-state index contributed by atoms with van der Waals surface area (Å²) in [6, 6.07) is 5.94. The summed E-state index contributed by atoms with van der Waals surface area (Å²) < 4.78 is 5.45. The van der Waals surface area contributed by atoms with E-state index in [-0.39, 0.29) is 17.5 Å². The molecule has 110 valence electrons. The number of carboxylic acid groups (broad SMARTS) is 1. The lowest BCUT2D eigenvalue weighted by molar-refractivity contribution is -0.130. The van der Waals surface area contributed by atoms with Gasteiger partial charge in [-0.2, -0.15) is 0 Å². The Hall–Kier alpha value is -2.08. The minimum absolute atomic E-state index is 0.0100. The molecule has 0 bridgehead atoms. The minimum Gasteiger partial charge on any atom is -0.492 e. The number of aromatic carboxylic acids is 1. The van der Waals surface area contributed by atoms with E-state index in [1.54, 1.807) is 33.2 Å². The lowest BCUT2D eigenvalue weighted by atomic mass is 10.2. The van der Waals surface area contributed by atoms with Crippen molar-refractivity contribution in [1.82, 2.24) is 10.2 Å². The molecule has 0 aliphatic carbocycles. The van der Waals surface area contributed by atoms with Crippen LogP contribution in [0.25, 0.3) is 0 Å². The zero-order chi connectivity index (χ0) is 15.1. The van der Waals surface area contributed by atoms with Crippen LogP contribution in [0, 0.1) is 0 Å². The highest BCUT2D eigenvalue weighted by molar-refractivity contribution is 5.87. The Bertz CT molecular complexity index is 457. The Morgan fingerprint density at radius 1 is 1.30 bits per heavy atom. The first kappa shape index (κ1) is 16.0. The Balaban J connectivity index is 2.31. The van der Waals surface area contributed by atoms with Gasteiger partial charge in [0.05, 0.1) is 11.6 Å². The average molecular weight is 280 g/mol. The molecule has 0 fully saturated rings. The number of hydrogen-bond donors (Lipinski definition) is 2. The van der Waals surface area contributed by atoms with Crippen molar-refractivity contribution in [2.45, 2.75) is 13.0 Å². The molecule has 0 aromatic heterocycles. The number of nitrogens with one attached hydrogen (secondary N) is 1. The SMILES string of the molecule is CC(NCCOc1ccc(C(=O)O)cc1)C(=O)N(C)C. The van der Waals surface area contributed by atoms with Crippen molar-refractivity contribution in [3.8, 4) is 5.75 Å². The van der Waals surface area contributed by atoms with E-state index in [9.17, 15) is 9.59 Å². The molecule has 0 radical (unpaired) electrons. The number of hydrogen-bond acceptors (Lipinski definition) is 4. The van der Waals surface area contributed by atoms with Crippen molar-refractivity contribution in [2.24, 2.45) is 0 Å². The molecule has 2 N–H and O–H groups in total. The third-order valence-electron chi connectivity index (χ3n) is 2.73. The predicted octanol–water partition coefficient (Wildman–Crippen LogP) is 0.830. The lowest BCUT2D eigenvalue weighted by Gasteiger charge is -2.18. The maximum atomic E-state index is 11.6. The molecule has 1 atom stereocenters. The fourth-order valence-corrected chi connectivity index (χ4v) is 1.61. The number of carboxylic acids is 1. The monoisotopic (exact) mass is 280 g/mol. The third kappa shape index (κ3) is 4.89. The molecule has 0 heterocycles. The number of amides is 1. The van der Waals surface area contributed by atoms with Gasteiger partial charge in [0.2, 0.25) is 5.91 Å². The smallest absolute Gasteiger partial charge is 0.335 e. The van der Waals surface area contributed by atoms with Crippen molar-refractivity contribution in [1.29, 1.82) is 0 Å². The van der Waals surface area contributed by atoms with E-state index >= 15 is 0 Å². The number of rotatable bonds is 7. The standard InChI is InChI=1S/C14H20N2O4/c1-10(13(17)16(2)3)15-8-9-20-12-6-4-11(5-7-12)14(18)19/h4-7,10,15H,8-9H2,1-3H3,(H,18,19). The fraction of sp³-hybridized carbons (Fsp3) is 0.429. The number of benzene rings is 1. The molecule has 6 nitrogen and oxygen atoms in total. The molecule has 1 amide bonds. The number of carbonyl (C=O) groups excluding carboxylic acids is 1. The number of ether oxygens (including phenoxy) is 1. The second-order valence-corrected chi connectivity index (χ2v) is 4.59. The van der Waals surface area contributed by atoms with Gasteiger partial charge in [0, 0.05) is 20.6 Å². The van der Waals surface area contributed by atoms with Crippen LogP contribution in [0.5, 0.6) is 5.75 Å². The number of carbonyl (C=O) groups is 2. The molecule has 20 heavy (non-hydrogen) atoms. The van der Waals surface area contributed by atoms with E-state index in [0.29, 0.717) is 18.9 Å². The largest absolute Gasteiger partial charge is 0.492 e. The second kappa shape index (κ2) is 7.49. The molecule has 1 aromatic carbocycles. The molecule has 1 unspecified atom stereocenters. The van der Waals surface area contributed by atoms with E-state index < -0.39 is 5.97 Å². The van der Waals surface area contributed by atoms with E-state index in [1.807, 2.05) is 0 Å². The first-order chi connectivity index (χ1) is 9.41. The highest BCUT2D eigenvalue weighted by atomic mass is 16.5. The van der Waals surface area contributed by atoms with E-state index in [1.165, 1.54) is 17.0 Å². The van der Waals surface area contributed by atoms with Crippen molar-refractivity contribution < 1.29 is 19.4 Å². The first-order valence-corrected chi connectivity index (χ1v) is 6.32. The highest BCUT2D eigenvalue weighted by Gasteiger charge is 2.13. The normalized spacial score (nSPS) is 11.8. The van der Waals surface area contributed by atoms with Crippen LogP contribution in [-0.2, 0) is 4.79 Å². The van der Waals surface area contributed by atoms with Crippen LogP contribution in [0.4, 0.5) is 0 Å². The van der Waals surface area contributed by atoms with Gasteiger partial charge in [0.15, 0.2) is 0 Å². The fourth-order valence-electron chi connectivity index (χ4n) is 1.61. The van der Waals surface area contributed by atoms with Crippen LogP contribution in [0.15, 0.2) is 24.3 Å². The van der Waals surface area contributed by atoms with E-state index in [2.05, 4.69) is 5.32 Å². The summed E-state index contributed by atoms with van der Waals surface area (Å²) in [7, 11) is 3.42. The lowest BCUT2D eigenvalue weighted by Crippen LogP contribution is -2.42. The molecule has 0 aliphatic heterocycles. The summed E-state index contributed by atoms with van der Waals surface area (Å²) in [6.45, 7) is 2.73. The Labute approximate surface area is 118 Å². The van der Waals surface area contributed by atoms with E-state index in [4.69, 9.17) is 9.84 Å². The molecular weight excluding hydrogens is 260 g/mol. The molecule has 0 spiro atoms. The van der Waals surface area contributed by atoms with Crippen LogP contribution in [0.3, 0.4) is 0 Å². The van der Waals surface area contributed by atoms with Crippen LogP contribution in [0.2, 0.25) is 0 Å². The summed E-state index contributed by atoms with van der Waals surface area (Å²) >= 11 is 0. The Kier molecular flexibility index (Phi) is 5.99. The molecule has 0 saturated heterocycles. The Morgan fingerprint density at radius 2 is 1.90 bits per heavy atom. The van der Waals surface area contributed by atoms with Crippen molar-refractivity contribution in [3.63, 3.8) is 0 Å². The van der Waals surface area contributed by atoms with Gasteiger partial charge in [-0.15, -0.1) is 0 Å². The van der Waals surface area contributed by atoms with Gasteiger partial charge in [0.25, 0.3) is 0 Å². The second-order valence-electron chi connectivity index (χ2n) is 4.59. The maximum Gasteiger partial charge on any atom is 0.335 e. The molecule has 6 heteroatoms. The van der Waals surface area contributed by atoms with Gasteiger partial charge in [-0.05, 0) is 31.2 Å². The molecule has 0 aliphatic rings. The minimum atomic E-state index is -0.964. The van der Waals surface area contributed by atoms with Gasteiger partial charge < -0.3 is 20.1 Å². The summed E-state index contributed by atoms with van der Waals surface area (Å²) in [5.74, 6) is -0.353. The molecule has 0 saturated carbocycles. The van der Waals surface area contributed by atoms with Gasteiger partial charge >= 0.3 is 5.97 Å². The zero-order valence-electron chi connectivity index (χ0n) is 11.9. The van der Waals surface area contributed by atoms with E-state index in [0.717, 1.165) is 0 Å². The van der Waals surface area contributed by atoms with Crippen molar-refractivity contribution in [3.05, 3.63) is 29.8 Å². The zero-order valence-corrected chi connectivity index (χ0v) is 11.9. The van der Waals surface area contributed by atoms with Gasteiger partial charge in [-0.25, -0.2) is 4.79 Å². The summed E-state index contributed by atoms with van der Waals surface area (Å²) in [5.41, 5.74) is 0.223. The average Bonchev–Trinajstić information content (AvgIpc) is 2.42. The summed E-state index contributed by atoms with van der Waals surface area (Å²) in [5, 5.41) is 11.8. The van der Waals surface area contributed by atoms with Crippen LogP contribution in [-0.4, -0.2) is 55.2 Å². The number of likely N-dealkylation sites (N-methyl/N-ethyl adjacent to an activating group) is 1. The summed E-state index contributed by atoms with van der Waals surface area (Å²) in [6.07, 6.45) is 0. The van der Waals surface area contributed by atoms with Crippen molar-refractivity contribution >= 4 is 11.9 Å². The van der Waals surface area contributed by atoms with Gasteiger partial charge in [-0.3, -0.25) is 4.79 Å². The highest BCUT2D eigenvalue weighted by Crippen LogP contribution is 2.11. The quantitative estimate of drug-likeness (QED) is 0.723. The third-order valence-corrected chi connectivity index (χ3v) is 2.73. The predicted molar refractivity (Wildman–Crippen MR) is 75.1 cm³/mol. The van der Waals surface area contributed by atoms with Gasteiger partial charge in [-0.1, -0.05) is 0 Å². The maximum absolute atomic E-state index is 11.6. The molecule has 1 rings (SSSR count). The van der Waals surface area contributed by atoms with Crippen LogP contribution >= 0.6 is 0 Å². The Morgan fingerprint density at radius 3 is 2.40 bits per heavy atom. The van der Waals surface area contributed by atoms with Crippen LogP contribution in [0.1, 0.15) is 17.3 Å².